The second-order valence-corrected chi connectivity index (χ2v) is 8.36. The van der Waals surface area contributed by atoms with Crippen LogP contribution >= 0.6 is 0 Å². The van der Waals surface area contributed by atoms with Crippen LogP contribution in [0.4, 0.5) is 10.1 Å². The van der Waals surface area contributed by atoms with Crippen molar-refractivity contribution in [2.24, 2.45) is 5.73 Å². The van der Waals surface area contributed by atoms with Gasteiger partial charge in [-0.15, -0.1) is 0 Å². The van der Waals surface area contributed by atoms with Crippen LogP contribution in [0.25, 0.3) is 16.9 Å². The van der Waals surface area contributed by atoms with Crippen LogP contribution in [-0.4, -0.2) is 34.2 Å². The Bertz CT molecular complexity index is 1200. The van der Waals surface area contributed by atoms with E-state index in [9.17, 15) is 14.0 Å². The Balaban J connectivity index is 1.51. The zero-order valence-corrected chi connectivity index (χ0v) is 17.5. The summed E-state index contributed by atoms with van der Waals surface area (Å²) < 4.78 is 15.1. The number of fused-ring (bicyclic) bond motifs is 3. The van der Waals surface area contributed by atoms with Gasteiger partial charge in [-0.2, -0.15) is 5.10 Å². The van der Waals surface area contributed by atoms with Crippen molar-refractivity contribution in [3.63, 3.8) is 0 Å². The maximum Gasteiger partial charge on any atom is 0.269 e. The van der Waals surface area contributed by atoms with Gasteiger partial charge in [-0.05, 0) is 67.6 Å². The first-order chi connectivity index (χ1) is 15.5. The van der Waals surface area contributed by atoms with Gasteiger partial charge in [0.05, 0.1) is 17.9 Å². The lowest BCUT2D eigenvalue weighted by atomic mass is 9.88. The van der Waals surface area contributed by atoms with Crippen LogP contribution in [0.1, 0.15) is 40.9 Å². The average Bonchev–Trinajstić information content (AvgIpc) is 3.14. The lowest BCUT2D eigenvalue weighted by Gasteiger charge is -2.26. The fraction of sp³-hybridized carbons (Fsp3) is 0.292. The summed E-state index contributed by atoms with van der Waals surface area (Å²) in [5.74, 6) is -1.05. The van der Waals surface area contributed by atoms with Crippen LogP contribution in [0.5, 0.6) is 0 Å². The normalized spacial score (nSPS) is 14.9. The molecule has 3 aromatic rings. The first kappa shape index (κ1) is 20.4. The highest BCUT2D eigenvalue weighted by Gasteiger charge is 2.28. The van der Waals surface area contributed by atoms with Crippen LogP contribution < -0.4 is 16.4 Å². The van der Waals surface area contributed by atoms with Crippen molar-refractivity contribution in [1.29, 1.82) is 0 Å². The molecule has 8 heteroatoms. The van der Waals surface area contributed by atoms with Crippen LogP contribution in [-0.2, 0) is 17.6 Å². The number of primary amides is 1. The Labute approximate surface area is 184 Å². The maximum absolute atomic E-state index is 13.5. The summed E-state index contributed by atoms with van der Waals surface area (Å²) in [5.41, 5.74) is 10.6. The number of nitrogens with two attached hydrogens (primary N) is 1. The molecule has 4 N–H and O–H groups in total. The molecule has 0 aliphatic heterocycles. The van der Waals surface area contributed by atoms with E-state index in [0.717, 1.165) is 41.6 Å². The van der Waals surface area contributed by atoms with Crippen LogP contribution in [0.2, 0.25) is 0 Å². The molecule has 32 heavy (non-hydrogen) atoms. The fourth-order valence-corrected chi connectivity index (χ4v) is 4.34. The van der Waals surface area contributed by atoms with E-state index >= 15 is 0 Å². The van der Waals surface area contributed by atoms with Crippen LogP contribution in [0.15, 0.2) is 42.5 Å². The molecular weight excluding hydrogens is 409 g/mol. The molecule has 1 aromatic heterocycles. The Kier molecular flexibility index (Phi) is 5.22. The zero-order chi connectivity index (χ0) is 22.2. The third kappa shape index (κ3) is 3.78. The third-order valence-electron chi connectivity index (χ3n) is 6.24. The van der Waals surface area contributed by atoms with Crippen molar-refractivity contribution in [3.05, 3.63) is 65.1 Å². The Hall–Kier alpha value is -3.52. The minimum Gasteiger partial charge on any atom is -0.364 e. The molecule has 0 saturated heterocycles. The molecule has 1 fully saturated rings. The number of carbonyl (C=O) groups excluding carboxylic acids is 2. The minimum atomic E-state index is -0.600. The highest BCUT2D eigenvalue weighted by atomic mass is 19.1. The molecule has 0 spiro atoms. The number of nitrogens with zero attached hydrogens (tertiary/aromatic N) is 2. The molecular formula is C24H24FN5O2. The smallest absolute Gasteiger partial charge is 0.269 e. The second kappa shape index (κ2) is 8.20. The van der Waals surface area contributed by atoms with E-state index in [4.69, 9.17) is 5.73 Å². The van der Waals surface area contributed by atoms with Crippen molar-refractivity contribution in [2.45, 2.75) is 38.1 Å². The number of nitrogens with one attached hydrogen (secondary N) is 2. The molecule has 2 aliphatic rings. The number of anilines is 1. The van der Waals surface area contributed by atoms with E-state index in [1.807, 2.05) is 18.2 Å². The molecule has 164 valence electrons. The Morgan fingerprint density at radius 3 is 2.59 bits per heavy atom. The quantitative estimate of drug-likeness (QED) is 0.556. The monoisotopic (exact) mass is 433 g/mol. The summed E-state index contributed by atoms with van der Waals surface area (Å²) in [4.78, 5) is 24.5. The summed E-state index contributed by atoms with van der Waals surface area (Å²) in [7, 11) is 0. The predicted octanol–water partition coefficient (Wildman–Crippen LogP) is 2.96. The average molecular weight is 433 g/mol. The van der Waals surface area contributed by atoms with Gasteiger partial charge in [0.2, 0.25) is 5.91 Å². The van der Waals surface area contributed by atoms with Crippen molar-refractivity contribution in [1.82, 2.24) is 15.1 Å². The lowest BCUT2D eigenvalue weighted by molar-refractivity contribution is -0.115. The summed E-state index contributed by atoms with van der Waals surface area (Å²) in [5, 5.41) is 10.7. The van der Waals surface area contributed by atoms with E-state index in [0.29, 0.717) is 23.8 Å². The van der Waals surface area contributed by atoms with E-state index in [2.05, 4.69) is 15.7 Å². The number of benzene rings is 2. The Morgan fingerprint density at radius 2 is 1.91 bits per heavy atom. The topological polar surface area (TPSA) is 102 Å². The largest absolute Gasteiger partial charge is 0.364 e. The molecule has 5 rings (SSSR count). The van der Waals surface area contributed by atoms with Crippen LogP contribution in [0, 0.1) is 5.82 Å². The number of halogens is 1. The number of hydrogen-bond acceptors (Lipinski definition) is 4. The van der Waals surface area contributed by atoms with Crippen molar-refractivity contribution in [3.8, 4) is 16.9 Å². The molecule has 0 atom stereocenters. The first-order valence-corrected chi connectivity index (χ1v) is 10.8. The molecule has 7 nitrogen and oxygen atoms in total. The van der Waals surface area contributed by atoms with Gasteiger partial charge < -0.3 is 16.4 Å². The van der Waals surface area contributed by atoms with Gasteiger partial charge >= 0.3 is 0 Å². The van der Waals surface area contributed by atoms with Gasteiger partial charge in [0, 0.05) is 22.9 Å². The zero-order valence-electron chi connectivity index (χ0n) is 17.5. The summed E-state index contributed by atoms with van der Waals surface area (Å²) >= 11 is 0. The van der Waals surface area contributed by atoms with Crippen molar-refractivity contribution < 1.29 is 14.0 Å². The molecule has 2 aromatic carbocycles. The molecule has 0 radical (unpaired) electrons. The SMILES string of the molecule is NC(=O)c1nn(-c2ccc(F)cc2)c2c1CCc1ccc(NC(=O)CNC3CCC3)cc1-2. The van der Waals surface area contributed by atoms with E-state index in [1.54, 1.807) is 16.8 Å². The number of amides is 2. The summed E-state index contributed by atoms with van der Waals surface area (Å²) in [6.45, 7) is 0.270. The van der Waals surface area contributed by atoms with Crippen molar-refractivity contribution in [2.75, 3.05) is 11.9 Å². The van der Waals surface area contributed by atoms with Crippen molar-refractivity contribution >= 4 is 17.5 Å². The highest BCUT2D eigenvalue weighted by Crippen LogP contribution is 2.38. The van der Waals surface area contributed by atoms with Gasteiger partial charge in [0.15, 0.2) is 5.69 Å². The van der Waals surface area contributed by atoms with E-state index < -0.39 is 5.91 Å². The van der Waals surface area contributed by atoms with E-state index in [1.165, 1.54) is 18.6 Å². The van der Waals surface area contributed by atoms with E-state index in [-0.39, 0.29) is 24.0 Å². The Morgan fingerprint density at radius 1 is 1.12 bits per heavy atom. The number of aryl methyl sites for hydroxylation is 1. The third-order valence-corrected chi connectivity index (χ3v) is 6.24. The lowest BCUT2D eigenvalue weighted by Crippen LogP contribution is -2.40. The highest BCUT2D eigenvalue weighted by molar-refractivity contribution is 5.96. The molecule has 1 heterocycles. The maximum atomic E-state index is 13.5. The van der Waals surface area contributed by atoms with Gasteiger partial charge in [0.25, 0.3) is 5.91 Å². The number of aromatic nitrogens is 2. The molecule has 1 saturated carbocycles. The van der Waals surface area contributed by atoms with Gasteiger partial charge in [-0.1, -0.05) is 12.5 Å². The minimum absolute atomic E-state index is 0.0993. The predicted molar refractivity (Wildman–Crippen MR) is 119 cm³/mol. The standard InChI is InChI=1S/C24H24FN5O2/c25-15-6-9-18(10-7-15)30-23-19(22(29-30)24(26)32)11-5-14-4-8-17(12-20(14)23)28-21(31)13-27-16-2-1-3-16/h4,6-10,12,16,27H,1-3,5,11,13H2,(H2,26,32)(H,28,31). The van der Waals surface area contributed by atoms with Gasteiger partial charge in [-0.3, -0.25) is 9.59 Å². The molecule has 0 unspecified atom stereocenters. The number of rotatable bonds is 6. The number of carbonyl (C=O) groups is 2. The molecule has 2 aliphatic carbocycles. The number of hydrogen-bond donors (Lipinski definition) is 3. The molecule has 0 bridgehead atoms. The summed E-state index contributed by atoms with van der Waals surface area (Å²) in [6, 6.07) is 12.1. The van der Waals surface area contributed by atoms with Gasteiger partial charge in [0.1, 0.15) is 5.82 Å². The fourth-order valence-electron chi connectivity index (χ4n) is 4.34. The van der Waals surface area contributed by atoms with Crippen LogP contribution in [0.3, 0.4) is 0 Å². The molecule has 2 amide bonds. The first-order valence-electron chi connectivity index (χ1n) is 10.8. The second-order valence-electron chi connectivity index (χ2n) is 8.36. The van der Waals surface area contributed by atoms with Gasteiger partial charge in [-0.25, -0.2) is 9.07 Å². The summed E-state index contributed by atoms with van der Waals surface area (Å²) in [6.07, 6.45) is 4.80.